The minimum Gasteiger partial charge on any atom is -0.497 e. The Morgan fingerprint density at radius 3 is 2.83 bits per heavy atom. The number of pyridine rings is 1. The number of carboxylic acids is 1. The van der Waals surface area contributed by atoms with Gasteiger partial charge in [0.1, 0.15) is 23.1 Å². The molecule has 0 saturated heterocycles. The quantitative estimate of drug-likeness (QED) is 0.801. The van der Waals surface area contributed by atoms with Gasteiger partial charge in [0.25, 0.3) is 0 Å². The number of hydrogen-bond acceptors (Lipinski definition) is 4. The Kier molecular flexibility index (Phi) is 3.73. The van der Waals surface area contributed by atoms with Crippen LogP contribution in [0.4, 0.5) is 0 Å². The lowest BCUT2D eigenvalue weighted by molar-refractivity contribution is -0.140. The summed E-state index contributed by atoms with van der Waals surface area (Å²) in [5.41, 5.74) is 3.00. The van der Waals surface area contributed by atoms with Gasteiger partial charge in [-0.2, -0.15) is 0 Å². The predicted molar refractivity (Wildman–Crippen MR) is 86.6 cm³/mol. The number of hydrogen-bond donors (Lipinski definition) is 1. The summed E-state index contributed by atoms with van der Waals surface area (Å²) in [6.45, 7) is 3.55. The fourth-order valence-corrected chi connectivity index (χ4v) is 2.53. The van der Waals surface area contributed by atoms with Crippen molar-refractivity contribution < 1.29 is 14.6 Å². The summed E-state index contributed by atoms with van der Waals surface area (Å²) >= 11 is 0. The monoisotopic (exact) mass is 311 g/mol. The van der Waals surface area contributed by atoms with Crippen LogP contribution < -0.4 is 4.74 Å². The third-order valence-electron chi connectivity index (χ3n) is 3.74. The molecule has 6 nitrogen and oxygen atoms in total. The van der Waals surface area contributed by atoms with Crippen LogP contribution in [0.25, 0.3) is 22.6 Å². The number of carboxylic acid groups (broad SMARTS) is 1. The van der Waals surface area contributed by atoms with Crippen LogP contribution in [0.15, 0.2) is 36.5 Å². The van der Waals surface area contributed by atoms with Crippen LogP contribution in [0.2, 0.25) is 0 Å². The van der Waals surface area contributed by atoms with Crippen molar-refractivity contribution in [1.82, 2.24) is 14.5 Å². The minimum atomic E-state index is -0.934. The Balaban J connectivity index is 2.29. The molecule has 0 fully saturated rings. The van der Waals surface area contributed by atoms with Gasteiger partial charge in [0.2, 0.25) is 0 Å². The molecule has 6 heteroatoms. The maximum atomic E-state index is 11.5. The molecule has 3 aromatic rings. The lowest BCUT2D eigenvalue weighted by Crippen LogP contribution is -2.17. The van der Waals surface area contributed by atoms with Crippen LogP contribution in [0.5, 0.6) is 5.75 Å². The number of methoxy groups -OCH3 is 1. The Bertz CT molecular complexity index is 886. The van der Waals surface area contributed by atoms with E-state index in [4.69, 9.17) is 4.74 Å². The van der Waals surface area contributed by atoms with Crippen molar-refractivity contribution in [3.05, 3.63) is 42.1 Å². The zero-order valence-corrected chi connectivity index (χ0v) is 13.1. The van der Waals surface area contributed by atoms with Crippen LogP contribution in [-0.2, 0) is 4.79 Å². The van der Waals surface area contributed by atoms with Crippen molar-refractivity contribution in [2.45, 2.75) is 19.9 Å². The summed E-state index contributed by atoms with van der Waals surface area (Å²) in [4.78, 5) is 20.5. The second kappa shape index (κ2) is 5.72. The van der Waals surface area contributed by atoms with E-state index in [1.54, 1.807) is 24.8 Å². The predicted octanol–water partition coefficient (Wildman–Crippen LogP) is 3.06. The molecule has 118 valence electrons. The lowest BCUT2D eigenvalue weighted by atomic mass is 10.2. The van der Waals surface area contributed by atoms with Crippen LogP contribution in [-0.4, -0.2) is 32.7 Å². The van der Waals surface area contributed by atoms with Gasteiger partial charge in [0, 0.05) is 11.8 Å². The molecular weight excluding hydrogens is 294 g/mol. The molecule has 0 aliphatic rings. The summed E-state index contributed by atoms with van der Waals surface area (Å²) in [6.07, 6.45) is 1.71. The molecular formula is C17H17N3O3. The summed E-state index contributed by atoms with van der Waals surface area (Å²) in [7, 11) is 1.59. The van der Waals surface area contributed by atoms with Crippen molar-refractivity contribution in [2.75, 3.05) is 7.11 Å². The van der Waals surface area contributed by atoms with Gasteiger partial charge in [-0.25, -0.2) is 14.8 Å². The SMILES string of the molecule is COc1cccc(-c2nc3cc(C)cnc3n2C(C)C(=O)O)c1. The zero-order chi connectivity index (χ0) is 16.6. The fraction of sp³-hybridized carbons (Fsp3) is 0.235. The first-order chi connectivity index (χ1) is 11.0. The number of nitrogens with zero attached hydrogens (tertiary/aromatic N) is 3. The topological polar surface area (TPSA) is 77.2 Å². The van der Waals surface area contributed by atoms with Gasteiger partial charge in [-0.05, 0) is 37.6 Å². The molecule has 1 unspecified atom stereocenters. The van der Waals surface area contributed by atoms with Gasteiger partial charge >= 0.3 is 5.97 Å². The Morgan fingerprint density at radius 2 is 2.13 bits per heavy atom. The largest absolute Gasteiger partial charge is 0.497 e. The lowest BCUT2D eigenvalue weighted by Gasteiger charge is -2.13. The van der Waals surface area contributed by atoms with Crippen LogP contribution in [0.1, 0.15) is 18.5 Å². The first-order valence-electron chi connectivity index (χ1n) is 7.23. The van der Waals surface area contributed by atoms with Crippen molar-refractivity contribution in [3.63, 3.8) is 0 Å². The van der Waals surface area contributed by atoms with E-state index in [9.17, 15) is 9.90 Å². The summed E-state index contributed by atoms with van der Waals surface area (Å²) in [6, 6.07) is 8.51. The molecule has 1 atom stereocenters. The standard InChI is InChI=1S/C17H17N3O3/c1-10-7-14-16(18-9-10)20(11(2)17(21)22)15(19-14)12-5-4-6-13(8-12)23-3/h4-9,11H,1-3H3,(H,21,22). The Morgan fingerprint density at radius 1 is 1.35 bits per heavy atom. The third-order valence-corrected chi connectivity index (χ3v) is 3.74. The highest BCUT2D eigenvalue weighted by Gasteiger charge is 2.23. The maximum absolute atomic E-state index is 11.5. The third kappa shape index (κ3) is 2.63. The Hall–Kier alpha value is -2.89. The molecule has 0 aliphatic carbocycles. The number of carbonyl (C=O) groups is 1. The highest BCUT2D eigenvalue weighted by molar-refractivity contribution is 5.82. The van der Waals surface area contributed by atoms with Crippen LogP contribution >= 0.6 is 0 Å². The molecule has 2 heterocycles. The molecule has 1 N–H and O–H groups in total. The molecule has 0 aliphatic heterocycles. The number of fused-ring (bicyclic) bond motifs is 1. The summed E-state index contributed by atoms with van der Waals surface area (Å²) < 4.78 is 6.89. The molecule has 1 aromatic carbocycles. The number of imidazole rings is 1. The molecule has 0 spiro atoms. The highest BCUT2D eigenvalue weighted by atomic mass is 16.5. The number of aryl methyl sites for hydroxylation is 1. The highest BCUT2D eigenvalue weighted by Crippen LogP contribution is 2.29. The fourth-order valence-electron chi connectivity index (χ4n) is 2.53. The van der Waals surface area contributed by atoms with Gasteiger partial charge in [0.05, 0.1) is 7.11 Å². The number of aliphatic carboxylic acids is 1. The van der Waals surface area contributed by atoms with Gasteiger partial charge in [-0.15, -0.1) is 0 Å². The molecule has 0 bridgehead atoms. The van der Waals surface area contributed by atoms with E-state index in [1.807, 2.05) is 37.3 Å². The average molecular weight is 311 g/mol. The average Bonchev–Trinajstić information content (AvgIpc) is 2.92. The maximum Gasteiger partial charge on any atom is 0.326 e. The number of rotatable bonds is 4. The van der Waals surface area contributed by atoms with Crippen molar-refractivity contribution >= 4 is 17.1 Å². The number of benzene rings is 1. The zero-order valence-electron chi connectivity index (χ0n) is 13.1. The second-order valence-electron chi connectivity index (χ2n) is 5.41. The van der Waals surface area contributed by atoms with Crippen LogP contribution in [0.3, 0.4) is 0 Å². The Labute approximate surface area is 133 Å². The molecule has 0 radical (unpaired) electrons. The normalized spacial score (nSPS) is 12.3. The summed E-state index contributed by atoms with van der Waals surface area (Å²) in [5, 5.41) is 9.44. The van der Waals surface area contributed by atoms with Crippen LogP contribution in [0, 0.1) is 6.92 Å². The van der Waals surface area contributed by atoms with Gasteiger partial charge in [0.15, 0.2) is 5.65 Å². The van der Waals surface area contributed by atoms with Gasteiger partial charge in [-0.3, -0.25) is 4.57 Å². The summed E-state index contributed by atoms with van der Waals surface area (Å²) in [5.74, 6) is 0.316. The van der Waals surface area contributed by atoms with E-state index in [-0.39, 0.29) is 0 Å². The van der Waals surface area contributed by atoms with Gasteiger partial charge < -0.3 is 9.84 Å². The van der Waals surface area contributed by atoms with Crippen molar-refractivity contribution in [2.24, 2.45) is 0 Å². The van der Waals surface area contributed by atoms with E-state index in [0.29, 0.717) is 22.7 Å². The smallest absolute Gasteiger partial charge is 0.326 e. The van der Waals surface area contributed by atoms with Crippen molar-refractivity contribution in [1.29, 1.82) is 0 Å². The molecule has 23 heavy (non-hydrogen) atoms. The number of aromatic nitrogens is 3. The number of ether oxygens (including phenoxy) is 1. The van der Waals surface area contributed by atoms with E-state index in [2.05, 4.69) is 9.97 Å². The molecule has 3 rings (SSSR count). The second-order valence-corrected chi connectivity index (χ2v) is 5.41. The van der Waals surface area contributed by atoms with Gasteiger partial charge in [-0.1, -0.05) is 12.1 Å². The molecule has 0 amide bonds. The van der Waals surface area contributed by atoms with E-state index < -0.39 is 12.0 Å². The van der Waals surface area contributed by atoms with Crippen molar-refractivity contribution in [3.8, 4) is 17.1 Å². The van der Waals surface area contributed by atoms with E-state index in [1.165, 1.54) is 0 Å². The minimum absolute atomic E-state index is 0.559. The first-order valence-corrected chi connectivity index (χ1v) is 7.23. The molecule has 0 saturated carbocycles. The molecule has 2 aromatic heterocycles. The first kappa shape index (κ1) is 15.0. The van der Waals surface area contributed by atoms with E-state index >= 15 is 0 Å². The van der Waals surface area contributed by atoms with E-state index in [0.717, 1.165) is 11.1 Å².